The van der Waals surface area contributed by atoms with Gasteiger partial charge in [0.1, 0.15) is 17.2 Å². The summed E-state index contributed by atoms with van der Waals surface area (Å²) in [6.45, 7) is 5.06. The number of rotatable bonds is 8. The molecule has 1 unspecified atom stereocenters. The minimum absolute atomic E-state index is 0.0195. The number of anilines is 1. The number of halogens is 2. The van der Waals surface area contributed by atoms with Gasteiger partial charge in [-0.05, 0) is 63.7 Å². The van der Waals surface area contributed by atoms with Gasteiger partial charge in [-0.15, -0.1) is 0 Å². The topological polar surface area (TPSA) is 135 Å². The third-order valence-electron chi connectivity index (χ3n) is 6.69. The summed E-state index contributed by atoms with van der Waals surface area (Å²) in [5.74, 6) is -0.751. The van der Waals surface area contributed by atoms with Gasteiger partial charge in [-0.2, -0.15) is 13.8 Å². The van der Waals surface area contributed by atoms with Crippen LogP contribution in [0.1, 0.15) is 55.4 Å². The first-order chi connectivity index (χ1) is 20.5. The first-order valence-corrected chi connectivity index (χ1v) is 14.4. The highest BCUT2D eigenvalue weighted by atomic mass is 32.2. The number of nitrogens with zero attached hydrogens (tertiary/aromatic N) is 2. The Labute approximate surface area is 248 Å². The minimum Gasteiger partial charge on any atom is -0.461 e. The lowest BCUT2D eigenvalue weighted by Gasteiger charge is -2.38. The van der Waals surface area contributed by atoms with E-state index in [1.807, 2.05) is 20.8 Å². The molecule has 0 fully saturated rings. The van der Waals surface area contributed by atoms with Crippen LogP contribution in [0.2, 0.25) is 0 Å². The first kappa shape index (κ1) is 29.0. The summed E-state index contributed by atoms with van der Waals surface area (Å²) in [4.78, 5) is 43.0. The van der Waals surface area contributed by atoms with Crippen molar-refractivity contribution in [1.29, 1.82) is 0 Å². The number of imidazole rings is 1. The zero-order valence-corrected chi connectivity index (χ0v) is 24.6. The molecule has 0 amide bonds. The summed E-state index contributed by atoms with van der Waals surface area (Å²) in [5, 5.41) is 5.87. The van der Waals surface area contributed by atoms with Gasteiger partial charge in [-0.3, -0.25) is 9.63 Å². The number of nitrogens with one attached hydrogen (secondary N) is 3. The number of ketones is 1. The number of aromatic amines is 2. The van der Waals surface area contributed by atoms with E-state index in [4.69, 9.17) is 14.0 Å². The Kier molecular flexibility index (Phi) is 7.52. The highest BCUT2D eigenvalue weighted by Crippen LogP contribution is 2.46. The summed E-state index contributed by atoms with van der Waals surface area (Å²) in [6, 6.07) is 8.00. The summed E-state index contributed by atoms with van der Waals surface area (Å²) in [7, 11) is 0. The number of hydroxylamine groups is 2. The third-order valence-corrected chi connectivity index (χ3v) is 7.50. The molecule has 0 spiro atoms. The number of alkyl halides is 2. The number of fused-ring (bicyclic) bond motifs is 2. The largest absolute Gasteiger partial charge is 0.461 e. The average molecular weight is 614 g/mol. The molecule has 6 rings (SSSR count). The number of hydrogen-bond acceptors (Lipinski definition) is 10. The average Bonchev–Trinajstić information content (AvgIpc) is 3.64. The molecule has 2 aliphatic heterocycles. The number of carbonyl (C=O) groups is 2. The van der Waals surface area contributed by atoms with E-state index in [0.29, 0.717) is 56.1 Å². The molecule has 1 aromatic carbocycles. The van der Waals surface area contributed by atoms with Crippen LogP contribution in [0.5, 0.6) is 5.75 Å². The van der Waals surface area contributed by atoms with Crippen LogP contribution >= 0.6 is 11.8 Å². The lowest BCUT2D eigenvalue weighted by molar-refractivity contribution is -0.223. The van der Waals surface area contributed by atoms with Crippen LogP contribution < -0.4 is 10.1 Å². The van der Waals surface area contributed by atoms with Crippen molar-refractivity contribution in [1.82, 2.24) is 20.0 Å². The van der Waals surface area contributed by atoms with Gasteiger partial charge < -0.3 is 29.2 Å². The normalized spacial score (nSPS) is 17.3. The fourth-order valence-corrected chi connectivity index (χ4v) is 5.99. The zero-order valence-electron chi connectivity index (χ0n) is 23.7. The lowest BCUT2D eigenvalue weighted by atomic mass is 9.81. The van der Waals surface area contributed by atoms with Crippen molar-refractivity contribution in [3.8, 4) is 5.75 Å². The third kappa shape index (κ3) is 5.90. The van der Waals surface area contributed by atoms with Crippen LogP contribution in [0.4, 0.5) is 14.5 Å². The number of aromatic nitrogens is 3. The molecule has 4 aromatic rings. The van der Waals surface area contributed by atoms with Crippen molar-refractivity contribution >= 4 is 40.2 Å². The van der Waals surface area contributed by atoms with Crippen LogP contribution in [-0.4, -0.2) is 63.7 Å². The second-order valence-corrected chi connectivity index (χ2v) is 11.9. The van der Waals surface area contributed by atoms with E-state index in [-0.39, 0.29) is 30.4 Å². The molecule has 0 saturated carbocycles. The second kappa shape index (κ2) is 11.2. The number of esters is 1. The summed E-state index contributed by atoms with van der Waals surface area (Å²) < 4.78 is 41.2. The minimum atomic E-state index is -2.93. The van der Waals surface area contributed by atoms with E-state index >= 15 is 0 Å². The molecular weight excluding hydrogens is 584 g/mol. The first-order valence-electron chi connectivity index (χ1n) is 13.6. The maximum absolute atomic E-state index is 13.6. The Morgan fingerprint density at radius 1 is 1.23 bits per heavy atom. The van der Waals surface area contributed by atoms with Crippen LogP contribution in [0, 0.1) is 0 Å². The number of H-pyrrole nitrogens is 2. The van der Waals surface area contributed by atoms with E-state index < -0.39 is 24.1 Å². The standard InChI is InChI=1S/C29H29F2N5O6S/c1-5-39-26(38)25-24-15(11-32-25)22(23-18(33-24)12-36(13-19(23)37)42-29(2,3)4)20-8-9-21(41-20)43-28-34-16-7-6-14(40-27(30)31)10-17(16)35-28/h6-11,22,27,32-33H,5,12-13H2,1-4H3,(H,34,35). The molecule has 1 atom stereocenters. The molecule has 5 heterocycles. The number of Topliss-reactive ketones (excluding diaryl/α,β-unsaturated/α-hetero) is 1. The van der Waals surface area contributed by atoms with Gasteiger partial charge in [0.15, 0.2) is 16.0 Å². The van der Waals surface area contributed by atoms with Gasteiger partial charge in [0.05, 0.1) is 47.9 Å². The smallest absolute Gasteiger partial charge is 0.387 e. The van der Waals surface area contributed by atoms with Crippen LogP contribution in [0.25, 0.3) is 11.0 Å². The molecule has 0 aliphatic carbocycles. The fraction of sp³-hybridized carbons (Fsp3) is 0.345. The second-order valence-electron chi connectivity index (χ2n) is 10.9. The Hall–Kier alpha value is -4.14. The van der Waals surface area contributed by atoms with Crippen molar-refractivity contribution < 1.29 is 37.1 Å². The zero-order chi connectivity index (χ0) is 30.5. The van der Waals surface area contributed by atoms with Crippen molar-refractivity contribution in [2.45, 2.75) is 56.1 Å². The van der Waals surface area contributed by atoms with Gasteiger partial charge in [0.2, 0.25) is 0 Å². The Balaban J connectivity index is 1.33. The number of carbonyl (C=O) groups excluding carboxylic acids is 2. The highest BCUT2D eigenvalue weighted by Gasteiger charge is 2.42. The molecule has 3 N–H and O–H groups in total. The van der Waals surface area contributed by atoms with Crippen LogP contribution in [-0.2, 0) is 14.4 Å². The predicted octanol–water partition coefficient (Wildman–Crippen LogP) is 5.84. The van der Waals surface area contributed by atoms with Crippen LogP contribution in [0.15, 0.2) is 62.5 Å². The SMILES string of the molecule is CCOC(=O)c1[nH]cc2c1NC1=C(C(=O)CN(OC(C)(C)C)C1)C2c1ccc(Sc2nc3ccc(OC(F)F)cc3[nH]2)o1. The molecule has 0 radical (unpaired) electrons. The maximum Gasteiger partial charge on any atom is 0.387 e. The fourth-order valence-electron chi connectivity index (χ4n) is 5.22. The van der Waals surface area contributed by atoms with E-state index in [9.17, 15) is 18.4 Å². The highest BCUT2D eigenvalue weighted by molar-refractivity contribution is 7.99. The summed E-state index contributed by atoms with van der Waals surface area (Å²) in [6.07, 6.45) is 1.68. The van der Waals surface area contributed by atoms with Crippen molar-refractivity contribution in [3.63, 3.8) is 0 Å². The molecule has 11 nitrogen and oxygen atoms in total. The van der Waals surface area contributed by atoms with Crippen molar-refractivity contribution in [2.75, 3.05) is 25.0 Å². The lowest BCUT2D eigenvalue weighted by Crippen LogP contribution is -2.45. The van der Waals surface area contributed by atoms with Gasteiger partial charge in [0, 0.05) is 29.1 Å². The molecule has 2 aliphatic rings. The van der Waals surface area contributed by atoms with Gasteiger partial charge in [0.25, 0.3) is 0 Å². The Morgan fingerprint density at radius 2 is 2.05 bits per heavy atom. The van der Waals surface area contributed by atoms with E-state index in [1.165, 1.54) is 23.9 Å². The molecule has 0 saturated heterocycles. The van der Waals surface area contributed by atoms with E-state index in [0.717, 1.165) is 0 Å². The molecule has 0 bridgehead atoms. The Morgan fingerprint density at radius 3 is 2.79 bits per heavy atom. The Bertz CT molecular complexity index is 1740. The van der Waals surface area contributed by atoms with Gasteiger partial charge in [-0.25, -0.2) is 9.78 Å². The monoisotopic (exact) mass is 613 g/mol. The van der Waals surface area contributed by atoms with E-state index in [2.05, 4.69) is 25.0 Å². The number of ether oxygens (including phenoxy) is 2. The maximum atomic E-state index is 13.6. The van der Waals surface area contributed by atoms with Crippen molar-refractivity contribution in [3.05, 3.63) is 64.8 Å². The quantitative estimate of drug-likeness (QED) is 0.208. The van der Waals surface area contributed by atoms with Gasteiger partial charge >= 0.3 is 12.6 Å². The summed E-state index contributed by atoms with van der Waals surface area (Å²) >= 11 is 1.20. The van der Waals surface area contributed by atoms with Crippen molar-refractivity contribution in [2.24, 2.45) is 0 Å². The molecule has 226 valence electrons. The molecule has 3 aromatic heterocycles. The van der Waals surface area contributed by atoms with Gasteiger partial charge in [-0.1, -0.05) is 0 Å². The van der Waals surface area contributed by atoms with Crippen LogP contribution in [0.3, 0.4) is 0 Å². The molecule has 14 heteroatoms. The summed E-state index contributed by atoms with van der Waals surface area (Å²) in [5.41, 5.74) is 3.14. The molecule has 43 heavy (non-hydrogen) atoms. The number of benzene rings is 1. The number of furan rings is 1. The predicted molar refractivity (Wildman–Crippen MR) is 152 cm³/mol. The number of hydrogen-bond donors (Lipinski definition) is 3. The van der Waals surface area contributed by atoms with E-state index in [1.54, 1.807) is 36.4 Å². The molecular formula is C29H29F2N5O6S.